The lowest BCUT2D eigenvalue weighted by Gasteiger charge is -2.50. The monoisotopic (exact) mass is 529 g/mol. The van der Waals surface area contributed by atoms with Crippen LogP contribution in [0.5, 0.6) is 5.75 Å². The number of nitrogens with two attached hydrogens (primary N) is 1. The Hall–Kier alpha value is -3.28. The number of phenolic OH excluding ortho intramolecular Hbond substituents is 1. The molecule has 0 saturated carbocycles. The van der Waals surface area contributed by atoms with Crippen LogP contribution < -0.4 is 5.73 Å². The topological polar surface area (TPSA) is 165 Å². The van der Waals surface area contributed by atoms with Crippen molar-refractivity contribution in [1.82, 2.24) is 9.80 Å². The van der Waals surface area contributed by atoms with Crippen molar-refractivity contribution in [2.24, 2.45) is 23.5 Å². The summed E-state index contributed by atoms with van der Waals surface area (Å²) in [5.41, 5.74) is 1.86. The van der Waals surface area contributed by atoms with Gasteiger partial charge in [-0.25, -0.2) is 4.39 Å². The standard InChI is InChI=1S/C27H32FN3O7/c1-10(2)7-31-8-13-14(9-31)21(32)17-12(19(13)28)5-11-6-15-20(30(3)4)23(34)18(26(29)37)25(36)27(15,38)24(35)16(11)22(17)33/h10-11,15,20,32,34-35,38H,5-9H2,1-4H3,(H2,29,37)/t11-,15-,20-,27-/m0/s1. The Kier molecular flexibility index (Phi) is 5.97. The number of nitrogens with zero attached hydrogens (tertiary/aromatic N) is 2. The van der Waals surface area contributed by atoms with Crippen molar-refractivity contribution < 1.29 is 39.2 Å². The first-order chi connectivity index (χ1) is 17.7. The van der Waals surface area contributed by atoms with Crippen molar-refractivity contribution in [3.63, 3.8) is 0 Å². The molecule has 1 heterocycles. The molecule has 5 rings (SSSR count). The molecule has 1 aromatic rings. The summed E-state index contributed by atoms with van der Waals surface area (Å²) in [4.78, 5) is 42.6. The average molecular weight is 530 g/mol. The highest BCUT2D eigenvalue weighted by Gasteiger charge is 2.63. The molecule has 10 nitrogen and oxygen atoms in total. The van der Waals surface area contributed by atoms with Gasteiger partial charge < -0.3 is 26.2 Å². The van der Waals surface area contributed by atoms with E-state index in [4.69, 9.17) is 5.73 Å². The third-order valence-corrected chi connectivity index (χ3v) is 8.42. The number of Topliss-reactive ketones (excluding diaryl/α,β-unsaturated/α-hetero) is 2. The maximum Gasteiger partial charge on any atom is 0.255 e. The van der Waals surface area contributed by atoms with Gasteiger partial charge in [0, 0.05) is 47.8 Å². The lowest BCUT2D eigenvalue weighted by Crippen LogP contribution is -2.63. The van der Waals surface area contributed by atoms with Crippen LogP contribution in [0.15, 0.2) is 22.7 Å². The molecule has 1 aromatic carbocycles. The molecule has 0 fully saturated rings. The van der Waals surface area contributed by atoms with Crippen LogP contribution >= 0.6 is 0 Å². The number of carbonyl (C=O) groups excluding carboxylic acids is 3. The van der Waals surface area contributed by atoms with E-state index in [0.717, 1.165) is 0 Å². The van der Waals surface area contributed by atoms with Crippen molar-refractivity contribution in [1.29, 1.82) is 0 Å². The molecule has 1 aliphatic heterocycles. The average Bonchev–Trinajstić information content (AvgIpc) is 3.23. The summed E-state index contributed by atoms with van der Waals surface area (Å²) < 4.78 is 15.9. The van der Waals surface area contributed by atoms with E-state index >= 15 is 4.39 Å². The predicted octanol–water partition coefficient (Wildman–Crippen LogP) is 1.23. The zero-order chi connectivity index (χ0) is 28.0. The fourth-order valence-electron chi connectivity index (χ4n) is 6.93. The molecule has 0 aromatic heterocycles. The van der Waals surface area contributed by atoms with Crippen molar-refractivity contribution in [2.75, 3.05) is 20.6 Å². The summed E-state index contributed by atoms with van der Waals surface area (Å²) in [6.07, 6.45) is -0.145. The molecule has 1 amide bonds. The fourth-order valence-corrected chi connectivity index (χ4v) is 6.93. The second-order valence-corrected chi connectivity index (χ2v) is 11.5. The van der Waals surface area contributed by atoms with Gasteiger partial charge in [0.05, 0.1) is 11.6 Å². The molecular formula is C27H32FN3O7. The van der Waals surface area contributed by atoms with E-state index in [9.17, 15) is 34.8 Å². The number of ketones is 2. The van der Waals surface area contributed by atoms with Crippen molar-refractivity contribution in [2.45, 2.75) is 51.4 Å². The Morgan fingerprint density at radius 1 is 1.16 bits per heavy atom. The number of fused-ring (bicyclic) bond motifs is 4. The van der Waals surface area contributed by atoms with Crippen LogP contribution in [0.25, 0.3) is 0 Å². The van der Waals surface area contributed by atoms with Crippen LogP contribution in [0.2, 0.25) is 0 Å². The molecule has 0 unspecified atom stereocenters. The van der Waals surface area contributed by atoms with Crippen LogP contribution in [-0.4, -0.2) is 80.0 Å². The lowest BCUT2D eigenvalue weighted by molar-refractivity contribution is -0.148. The van der Waals surface area contributed by atoms with Crippen LogP contribution in [0.1, 0.15) is 47.3 Å². The highest BCUT2D eigenvalue weighted by molar-refractivity contribution is 6.24. The third-order valence-electron chi connectivity index (χ3n) is 8.42. The molecule has 4 aliphatic rings. The molecule has 11 heteroatoms. The van der Waals surface area contributed by atoms with Gasteiger partial charge in [-0.05, 0) is 38.8 Å². The summed E-state index contributed by atoms with van der Waals surface area (Å²) in [6, 6.07) is -1.09. The largest absolute Gasteiger partial charge is 0.510 e. The van der Waals surface area contributed by atoms with Gasteiger partial charge in [-0.3, -0.25) is 24.2 Å². The van der Waals surface area contributed by atoms with Crippen molar-refractivity contribution >= 4 is 17.5 Å². The summed E-state index contributed by atoms with van der Waals surface area (Å²) in [7, 11) is 3.11. The van der Waals surface area contributed by atoms with E-state index in [1.54, 1.807) is 14.1 Å². The number of carbonyl (C=O) groups is 3. The smallest absolute Gasteiger partial charge is 0.255 e. The van der Waals surface area contributed by atoms with Gasteiger partial charge in [-0.1, -0.05) is 13.8 Å². The van der Waals surface area contributed by atoms with E-state index in [2.05, 4.69) is 0 Å². The lowest BCUT2D eigenvalue weighted by atomic mass is 9.58. The third kappa shape index (κ3) is 3.38. The summed E-state index contributed by atoms with van der Waals surface area (Å²) in [5.74, 6) is -7.66. The van der Waals surface area contributed by atoms with Gasteiger partial charge in [0.2, 0.25) is 5.78 Å². The van der Waals surface area contributed by atoms with Gasteiger partial charge in [-0.2, -0.15) is 0 Å². The van der Waals surface area contributed by atoms with E-state index in [-0.39, 0.29) is 41.8 Å². The summed E-state index contributed by atoms with van der Waals surface area (Å²) in [5, 5.41) is 44.9. The highest BCUT2D eigenvalue weighted by atomic mass is 19.1. The van der Waals surface area contributed by atoms with Gasteiger partial charge in [0.25, 0.3) is 5.91 Å². The first-order valence-electron chi connectivity index (χ1n) is 12.6. The first-order valence-corrected chi connectivity index (χ1v) is 12.6. The quantitative estimate of drug-likeness (QED) is 0.361. The number of primary amides is 1. The zero-order valence-electron chi connectivity index (χ0n) is 21.7. The second kappa shape index (κ2) is 8.62. The van der Waals surface area contributed by atoms with Crippen LogP contribution in [-0.2, 0) is 29.1 Å². The summed E-state index contributed by atoms with van der Waals surface area (Å²) in [6.45, 7) is 5.27. The molecule has 0 radical (unpaired) electrons. The molecule has 204 valence electrons. The predicted molar refractivity (Wildman–Crippen MR) is 133 cm³/mol. The van der Waals surface area contributed by atoms with Crippen LogP contribution in [0.4, 0.5) is 4.39 Å². The number of hydrogen-bond donors (Lipinski definition) is 5. The number of allylic oxidation sites excluding steroid dienone is 1. The zero-order valence-corrected chi connectivity index (χ0v) is 21.7. The minimum absolute atomic E-state index is 0.0331. The second-order valence-electron chi connectivity index (χ2n) is 11.5. The Morgan fingerprint density at radius 3 is 2.37 bits per heavy atom. The molecule has 4 atom stereocenters. The maximum absolute atomic E-state index is 15.9. The number of aliphatic hydroxyl groups excluding tert-OH is 2. The summed E-state index contributed by atoms with van der Waals surface area (Å²) >= 11 is 0. The highest BCUT2D eigenvalue weighted by Crippen LogP contribution is 2.53. The number of phenols is 1. The Labute approximate surface area is 218 Å². The number of amides is 1. The van der Waals surface area contributed by atoms with Crippen molar-refractivity contribution in [3.05, 3.63) is 50.7 Å². The van der Waals surface area contributed by atoms with Crippen molar-refractivity contribution in [3.8, 4) is 5.75 Å². The SMILES string of the molecule is CC(C)CN1Cc2c(O)c3c(c(F)c2C1)C[C@H]1C[C@H]2[C@H](N(C)C)C(O)=C(C(N)=O)C(=O)[C@@]2(O)C(O)=C1C3=O. The van der Waals surface area contributed by atoms with Gasteiger partial charge >= 0.3 is 0 Å². The first kappa shape index (κ1) is 26.3. The Balaban J connectivity index is 1.67. The normalized spacial score (nSPS) is 29.1. The molecule has 6 N–H and O–H groups in total. The molecule has 3 aliphatic carbocycles. The van der Waals surface area contributed by atoms with Crippen LogP contribution in [0.3, 0.4) is 0 Å². The number of aliphatic hydroxyl groups is 3. The Bertz CT molecular complexity index is 1360. The number of halogens is 1. The van der Waals surface area contributed by atoms with Gasteiger partial charge in [-0.15, -0.1) is 0 Å². The molecule has 38 heavy (non-hydrogen) atoms. The Morgan fingerprint density at radius 2 is 1.79 bits per heavy atom. The fraction of sp³-hybridized carbons (Fsp3) is 0.519. The van der Waals surface area contributed by atoms with E-state index in [1.807, 2.05) is 18.7 Å². The molecule has 0 spiro atoms. The number of likely N-dealkylation sites (N-methyl/N-ethyl adjacent to an activating group) is 1. The number of benzene rings is 1. The van der Waals surface area contributed by atoms with Crippen LogP contribution in [0, 0.1) is 23.6 Å². The molecule has 0 bridgehead atoms. The maximum atomic E-state index is 15.9. The van der Waals surface area contributed by atoms with Gasteiger partial charge in [0.15, 0.2) is 11.4 Å². The van der Waals surface area contributed by atoms with E-state index < -0.39 is 63.9 Å². The van der Waals surface area contributed by atoms with E-state index in [1.165, 1.54) is 4.90 Å². The van der Waals surface area contributed by atoms with Gasteiger partial charge in [0.1, 0.15) is 28.7 Å². The number of aromatic hydroxyl groups is 1. The minimum atomic E-state index is -2.72. The minimum Gasteiger partial charge on any atom is -0.510 e. The number of hydrogen-bond acceptors (Lipinski definition) is 9. The molecule has 0 saturated heterocycles. The van der Waals surface area contributed by atoms with E-state index in [0.29, 0.717) is 30.1 Å². The molecular weight excluding hydrogens is 497 g/mol. The number of rotatable bonds is 4.